The molecule has 0 bridgehead atoms. The summed E-state index contributed by atoms with van der Waals surface area (Å²) >= 11 is 0. The van der Waals surface area contributed by atoms with Crippen LogP contribution in [0.25, 0.3) is 0 Å². The first-order valence-electron chi connectivity index (χ1n) is 3.05. The molecule has 0 rings (SSSR count). The van der Waals surface area contributed by atoms with Gasteiger partial charge in [0, 0.05) is 6.10 Å². The van der Waals surface area contributed by atoms with Crippen LogP contribution in [0.1, 0.15) is 20.8 Å². The van der Waals surface area contributed by atoms with E-state index >= 15 is 0 Å². The first kappa shape index (κ1) is 8.94. The van der Waals surface area contributed by atoms with Gasteiger partial charge < -0.3 is 14.7 Å². The molecule has 9 heavy (non-hydrogen) atoms. The molecule has 0 radical (unpaired) electrons. The lowest BCUT2D eigenvalue weighted by atomic mass is 10.1. The molecule has 1 unspecified atom stereocenters. The predicted molar refractivity (Wildman–Crippen MR) is 35.6 cm³/mol. The molecular weight excluding hydrogens is 119 g/mol. The fourth-order valence-corrected chi connectivity index (χ4v) is 0.349. The third-order valence-electron chi connectivity index (χ3n) is 1.28. The van der Waals surface area contributed by atoms with Crippen molar-refractivity contribution >= 4 is 7.32 Å². The highest BCUT2D eigenvalue weighted by Gasteiger charge is 2.15. The van der Waals surface area contributed by atoms with E-state index in [0.29, 0.717) is 5.92 Å². The minimum atomic E-state index is -1.64. The Morgan fingerprint density at radius 2 is 1.67 bits per heavy atom. The van der Waals surface area contributed by atoms with Gasteiger partial charge in [0.1, 0.15) is 0 Å². The molecule has 0 aliphatic heterocycles. The molecule has 0 saturated heterocycles. The number of rotatable bonds is 3. The van der Waals surface area contributed by atoms with Crippen molar-refractivity contribution in [3.05, 3.63) is 0 Å². The maximum Gasteiger partial charge on any atom is 0.634 e. The van der Waals surface area contributed by atoms with Crippen molar-refractivity contribution in [1.29, 1.82) is 0 Å². The molecule has 4 heteroatoms. The van der Waals surface area contributed by atoms with Gasteiger partial charge in [0.15, 0.2) is 0 Å². The highest BCUT2D eigenvalue weighted by Crippen LogP contribution is 2.04. The average molecular weight is 132 g/mol. The monoisotopic (exact) mass is 132 g/mol. The molecule has 0 amide bonds. The highest BCUT2D eigenvalue weighted by molar-refractivity contribution is 6.32. The minimum Gasteiger partial charge on any atom is -0.402 e. The van der Waals surface area contributed by atoms with Gasteiger partial charge in [-0.05, 0) is 12.8 Å². The summed E-state index contributed by atoms with van der Waals surface area (Å²) in [6.07, 6.45) is -0.106. The first-order chi connectivity index (χ1) is 4.04. The lowest BCUT2D eigenvalue weighted by Crippen LogP contribution is -2.26. The molecule has 2 N–H and O–H groups in total. The maximum atomic E-state index is 8.30. The molecule has 1 atom stereocenters. The molecule has 0 fully saturated rings. The molecular formula is C5H13BO3. The van der Waals surface area contributed by atoms with Crippen molar-refractivity contribution in [2.24, 2.45) is 5.92 Å². The smallest absolute Gasteiger partial charge is 0.402 e. The van der Waals surface area contributed by atoms with Crippen molar-refractivity contribution < 1.29 is 14.7 Å². The van der Waals surface area contributed by atoms with Crippen molar-refractivity contribution in [3.63, 3.8) is 0 Å². The summed E-state index contributed by atoms with van der Waals surface area (Å²) in [6.45, 7) is 5.70. The Labute approximate surface area is 55.8 Å². The summed E-state index contributed by atoms with van der Waals surface area (Å²) in [6, 6.07) is 0. The molecule has 0 aliphatic carbocycles. The van der Waals surface area contributed by atoms with Crippen LogP contribution in [0.5, 0.6) is 0 Å². The van der Waals surface area contributed by atoms with Gasteiger partial charge in [-0.15, -0.1) is 0 Å². The van der Waals surface area contributed by atoms with Gasteiger partial charge in [0.05, 0.1) is 0 Å². The minimum absolute atomic E-state index is 0.106. The van der Waals surface area contributed by atoms with Crippen LogP contribution in [-0.2, 0) is 4.65 Å². The normalized spacial score (nSPS) is 14.0. The Kier molecular flexibility index (Phi) is 3.85. The van der Waals surface area contributed by atoms with Crippen LogP contribution >= 0.6 is 0 Å². The molecule has 3 nitrogen and oxygen atoms in total. The van der Waals surface area contributed by atoms with E-state index in [1.807, 2.05) is 13.8 Å². The van der Waals surface area contributed by atoms with Gasteiger partial charge in [-0.2, -0.15) is 0 Å². The predicted octanol–water partition coefficient (Wildman–Crippen LogP) is 0.0170. The van der Waals surface area contributed by atoms with Gasteiger partial charge in [-0.25, -0.2) is 0 Å². The second kappa shape index (κ2) is 3.87. The van der Waals surface area contributed by atoms with E-state index in [1.165, 1.54) is 0 Å². The lowest BCUT2D eigenvalue weighted by molar-refractivity contribution is 0.0985. The molecule has 0 saturated carbocycles. The second-order valence-corrected chi connectivity index (χ2v) is 2.41. The fourth-order valence-electron chi connectivity index (χ4n) is 0.349. The fraction of sp³-hybridized carbons (Fsp3) is 1.00. The van der Waals surface area contributed by atoms with E-state index in [1.54, 1.807) is 6.92 Å². The summed E-state index contributed by atoms with van der Waals surface area (Å²) < 4.78 is 4.62. The Balaban J connectivity index is 3.38. The van der Waals surface area contributed by atoms with E-state index in [4.69, 9.17) is 10.0 Å². The van der Waals surface area contributed by atoms with Crippen molar-refractivity contribution in [3.8, 4) is 0 Å². The molecule has 0 aliphatic rings. The largest absolute Gasteiger partial charge is 0.634 e. The van der Waals surface area contributed by atoms with Crippen molar-refractivity contribution in [2.75, 3.05) is 0 Å². The molecule has 0 aromatic heterocycles. The van der Waals surface area contributed by atoms with Gasteiger partial charge >= 0.3 is 7.32 Å². The summed E-state index contributed by atoms with van der Waals surface area (Å²) in [4.78, 5) is 0. The Morgan fingerprint density at radius 1 is 1.22 bits per heavy atom. The molecule has 54 valence electrons. The standard InChI is InChI=1S/C5H13BO3/c1-4(2)5(3)9-6(7)8/h4-5,7-8H,1-3H3. The van der Waals surface area contributed by atoms with Gasteiger partial charge in [-0.3, -0.25) is 0 Å². The molecule has 0 aromatic carbocycles. The molecule has 0 heterocycles. The average Bonchev–Trinajstić information content (AvgIpc) is 1.63. The molecule has 0 spiro atoms. The van der Waals surface area contributed by atoms with Gasteiger partial charge in [0.2, 0.25) is 0 Å². The van der Waals surface area contributed by atoms with Crippen LogP contribution in [0.4, 0.5) is 0 Å². The van der Waals surface area contributed by atoms with Crippen LogP contribution in [0.3, 0.4) is 0 Å². The van der Waals surface area contributed by atoms with Crippen LogP contribution in [0.15, 0.2) is 0 Å². The second-order valence-electron chi connectivity index (χ2n) is 2.41. The lowest BCUT2D eigenvalue weighted by Gasteiger charge is -2.15. The summed E-state index contributed by atoms with van der Waals surface area (Å²) in [7, 11) is -1.64. The van der Waals surface area contributed by atoms with E-state index in [9.17, 15) is 0 Å². The topological polar surface area (TPSA) is 49.7 Å². The third kappa shape index (κ3) is 4.45. The zero-order valence-electron chi connectivity index (χ0n) is 6.03. The van der Waals surface area contributed by atoms with Gasteiger partial charge in [0.25, 0.3) is 0 Å². The maximum absolute atomic E-state index is 8.30. The Hall–Kier alpha value is -0.0551. The summed E-state index contributed by atoms with van der Waals surface area (Å²) in [5, 5.41) is 16.6. The Bertz CT molecular complexity index is 74.6. The summed E-state index contributed by atoms with van der Waals surface area (Å²) in [5.74, 6) is 0.312. The van der Waals surface area contributed by atoms with E-state index in [0.717, 1.165) is 0 Å². The Morgan fingerprint density at radius 3 is 1.78 bits per heavy atom. The van der Waals surface area contributed by atoms with Crippen LogP contribution < -0.4 is 0 Å². The summed E-state index contributed by atoms with van der Waals surface area (Å²) in [5.41, 5.74) is 0. The van der Waals surface area contributed by atoms with Crippen LogP contribution in [0, 0.1) is 5.92 Å². The zero-order valence-corrected chi connectivity index (χ0v) is 6.03. The van der Waals surface area contributed by atoms with E-state index in [-0.39, 0.29) is 6.10 Å². The molecule has 0 aromatic rings. The van der Waals surface area contributed by atoms with Crippen molar-refractivity contribution in [1.82, 2.24) is 0 Å². The van der Waals surface area contributed by atoms with E-state index < -0.39 is 7.32 Å². The first-order valence-corrected chi connectivity index (χ1v) is 3.05. The third-order valence-corrected chi connectivity index (χ3v) is 1.28. The zero-order chi connectivity index (χ0) is 7.44. The number of hydrogen-bond donors (Lipinski definition) is 2. The van der Waals surface area contributed by atoms with Crippen LogP contribution in [-0.4, -0.2) is 23.5 Å². The van der Waals surface area contributed by atoms with E-state index in [2.05, 4.69) is 4.65 Å². The van der Waals surface area contributed by atoms with Gasteiger partial charge in [-0.1, -0.05) is 13.8 Å². The number of hydrogen-bond acceptors (Lipinski definition) is 3. The van der Waals surface area contributed by atoms with Crippen molar-refractivity contribution in [2.45, 2.75) is 26.9 Å². The SMILES string of the molecule is CC(C)C(C)OB(O)O. The quantitative estimate of drug-likeness (QED) is 0.532. The van der Waals surface area contributed by atoms with Crippen LogP contribution in [0.2, 0.25) is 0 Å². The highest BCUT2D eigenvalue weighted by atomic mass is 16.6.